The van der Waals surface area contributed by atoms with Crippen LogP contribution in [0.1, 0.15) is 20.7 Å². The van der Waals surface area contributed by atoms with Crippen molar-refractivity contribution >= 4 is 39.1 Å². The molecule has 1 aliphatic rings. The molecule has 0 spiro atoms. The summed E-state index contributed by atoms with van der Waals surface area (Å²) in [4.78, 5) is 25.4. The molecule has 0 radical (unpaired) electrons. The molecule has 0 saturated heterocycles. The molecule has 2 N–H and O–H groups in total. The molecule has 2 amide bonds. The van der Waals surface area contributed by atoms with Gasteiger partial charge in [-0.1, -0.05) is 0 Å². The second kappa shape index (κ2) is 4.63. The lowest BCUT2D eigenvalue weighted by atomic mass is 10.1. The number of carbonyl (C=O) groups excluding carboxylic acids is 2. The van der Waals surface area contributed by atoms with E-state index >= 15 is 0 Å². The van der Waals surface area contributed by atoms with E-state index in [4.69, 9.17) is 5.73 Å². The molecule has 0 atom stereocenters. The van der Waals surface area contributed by atoms with Crippen molar-refractivity contribution in [1.82, 2.24) is 0 Å². The van der Waals surface area contributed by atoms with E-state index in [1.807, 2.05) is 0 Å². The van der Waals surface area contributed by atoms with Gasteiger partial charge >= 0.3 is 0 Å². The molecule has 0 aliphatic carbocycles. The average Bonchev–Trinajstić information content (AvgIpc) is 2.66. The van der Waals surface area contributed by atoms with Crippen LogP contribution in [0.4, 0.5) is 20.2 Å². The average molecular weight is 353 g/mol. The van der Waals surface area contributed by atoms with Gasteiger partial charge in [0.25, 0.3) is 11.8 Å². The zero-order chi connectivity index (χ0) is 15.3. The van der Waals surface area contributed by atoms with Gasteiger partial charge in [-0.15, -0.1) is 0 Å². The Morgan fingerprint density at radius 3 is 2.00 bits per heavy atom. The molecular formula is C14H7BrF2N2O2. The number of halogens is 3. The number of nitrogens with two attached hydrogens (primary N) is 1. The summed E-state index contributed by atoms with van der Waals surface area (Å²) in [5.41, 5.74) is 5.88. The van der Waals surface area contributed by atoms with Crippen molar-refractivity contribution in [3.8, 4) is 0 Å². The maximum Gasteiger partial charge on any atom is 0.266 e. The number of amides is 2. The lowest BCUT2D eigenvalue weighted by molar-refractivity contribution is 0.0926. The highest BCUT2D eigenvalue weighted by Gasteiger charge is 2.38. The van der Waals surface area contributed by atoms with Gasteiger partial charge in [-0.2, -0.15) is 0 Å². The summed E-state index contributed by atoms with van der Waals surface area (Å²) in [6.45, 7) is 0. The number of fused-ring (bicyclic) bond motifs is 1. The molecule has 2 aromatic rings. The highest BCUT2D eigenvalue weighted by atomic mass is 79.9. The van der Waals surface area contributed by atoms with Crippen LogP contribution in [0, 0.1) is 11.6 Å². The molecule has 7 heteroatoms. The first-order valence-electron chi connectivity index (χ1n) is 5.83. The molecular weight excluding hydrogens is 346 g/mol. The van der Waals surface area contributed by atoms with Crippen molar-refractivity contribution in [3.05, 3.63) is 57.6 Å². The Morgan fingerprint density at radius 2 is 1.48 bits per heavy atom. The maximum atomic E-state index is 13.3. The number of hydrogen-bond acceptors (Lipinski definition) is 3. The lowest BCUT2D eigenvalue weighted by Gasteiger charge is -2.16. The Morgan fingerprint density at radius 1 is 0.952 bits per heavy atom. The number of nitrogen functional groups attached to an aromatic ring is 1. The molecule has 0 saturated carbocycles. The summed E-state index contributed by atoms with van der Waals surface area (Å²) in [6, 6.07) is 6.05. The van der Waals surface area contributed by atoms with E-state index < -0.39 is 23.4 Å². The minimum absolute atomic E-state index is 0.173. The summed E-state index contributed by atoms with van der Waals surface area (Å²) in [5.74, 6) is -3.80. The highest BCUT2D eigenvalue weighted by Crippen LogP contribution is 2.35. The van der Waals surface area contributed by atoms with Crippen LogP contribution >= 0.6 is 15.9 Å². The molecule has 0 aromatic heterocycles. The zero-order valence-corrected chi connectivity index (χ0v) is 11.9. The zero-order valence-electron chi connectivity index (χ0n) is 10.4. The Balaban J connectivity index is 2.18. The van der Waals surface area contributed by atoms with Crippen molar-refractivity contribution in [2.24, 2.45) is 0 Å². The molecule has 0 fully saturated rings. The molecule has 21 heavy (non-hydrogen) atoms. The van der Waals surface area contributed by atoms with Crippen LogP contribution in [0.3, 0.4) is 0 Å². The third-order valence-corrected chi connectivity index (χ3v) is 3.81. The Kier molecular flexibility index (Phi) is 3.02. The SMILES string of the molecule is Nc1ccc(Br)c(N2C(=O)c3cc(F)c(F)cc3C2=O)c1. The second-order valence-electron chi connectivity index (χ2n) is 4.47. The molecule has 1 heterocycles. The second-order valence-corrected chi connectivity index (χ2v) is 5.32. The third-order valence-electron chi connectivity index (χ3n) is 3.14. The highest BCUT2D eigenvalue weighted by molar-refractivity contribution is 9.10. The number of rotatable bonds is 1. The van der Waals surface area contributed by atoms with E-state index in [1.165, 1.54) is 6.07 Å². The van der Waals surface area contributed by atoms with Gasteiger partial charge in [0.2, 0.25) is 0 Å². The minimum Gasteiger partial charge on any atom is -0.399 e. The predicted octanol–water partition coefficient (Wildman–Crippen LogP) is 3.11. The van der Waals surface area contributed by atoms with Crippen LogP contribution in [0.15, 0.2) is 34.8 Å². The van der Waals surface area contributed by atoms with E-state index in [2.05, 4.69) is 15.9 Å². The first-order chi connectivity index (χ1) is 9.90. The van der Waals surface area contributed by atoms with Crippen molar-refractivity contribution < 1.29 is 18.4 Å². The van der Waals surface area contributed by atoms with Crippen LogP contribution in [-0.4, -0.2) is 11.8 Å². The number of nitrogens with zero attached hydrogens (tertiary/aromatic N) is 1. The predicted molar refractivity (Wildman–Crippen MR) is 76.1 cm³/mol. The van der Waals surface area contributed by atoms with E-state index in [0.29, 0.717) is 10.2 Å². The summed E-state index contributed by atoms with van der Waals surface area (Å²) >= 11 is 3.22. The molecule has 0 unspecified atom stereocenters. The van der Waals surface area contributed by atoms with Crippen molar-refractivity contribution in [2.45, 2.75) is 0 Å². The Bertz CT molecular complexity index is 767. The molecule has 3 rings (SSSR count). The van der Waals surface area contributed by atoms with Crippen LogP contribution in [0.2, 0.25) is 0 Å². The van der Waals surface area contributed by atoms with Crippen molar-refractivity contribution in [1.29, 1.82) is 0 Å². The normalized spacial score (nSPS) is 13.8. The fourth-order valence-corrected chi connectivity index (χ4v) is 2.58. The van der Waals surface area contributed by atoms with Gasteiger partial charge in [-0.05, 0) is 46.3 Å². The molecule has 106 valence electrons. The van der Waals surface area contributed by atoms with Gasteiger partial charge in [-0.25, -0.2) is 13.7 Å². The largest absolute Gasteiger partial charge is 0.399 e. The van der Waals surface area contributed by atoms with Gasteiger partial charge < -0.3 is 5.73 Å². The quantitative estimate of drug-likeness (QED) is 0.633. The summed E-state index contributed by atoms with van der Waals surface area (Å²) in [5, 5.41) is 0. The van der Waals surface area contributed by atoms with Crippen LogP contribution in [0.5, 0.6) is 0 Å². The van der Waals surface area contributed by atoms with E-state index in [0.717, 1.165) is 17.0 Å². The van der Waals surface area contributed by atoms with Gasteiger partial charge in [-0.3, -0.25) is 9.59 Å². The molecule has 1 aliphatic heterocycles. The molecule has 4 nitrogen and oxygen atoms in total. The summed E-state index contributed by atoms with van der Waals surface area (Å²) in [7, 11) is 0. The standard InChI is InChI=1S/C14H7BrF2N2O2/c15-9-2-1-6(18)3-12(9)19-13(20)7-4-10(16)11(17)5-8(7)14(19)21/h1-5H,18H2. The van der Waals surface area contributed by atoms with E-state index in [9.17, 15) is 18.4 Å². The summed E-state index contributed by atoms with van der Waals surface area (Å²) < 4.78 is 27.0. The first-order valence-corrected chi connectivity index (χ1v) is 6.62. The van der Waals surface area contributed by atoms with E-state index in [-0.39, 0.29) is 16.8 Å². The fourth-order valence-electron chi connectivity index (χ4n) is 2.15. The van der Waals surface area contributed by atoms with Crippen LogP contribution in [0.25, 0.3) is 0 Å². The van der Waals surface area contributed by atoms with Crippen LogP contribution in [-0.2, 0) is 0 Å². The number of anilines is 2. The van der Waals surface area contributed by atoms with Crippen molar-refractivity contribution in [2.75, 3.05) is 10.6 Å². The van der Waals surface area contributed by atoms with Gasteiger partial charge in [0.05, 0.1) is 16.8 Å². The van der Waals surface area contributed by atoms with Gasteiger partial charge in [0.15, 0.2) is 11.6 Å². The molecule has 2 aromatic carbocycles. The smallest absolute Gasteiger partial charge is 0.266 e. The van der Waals surface area contributed by atoms with Gasteiger partial charge in [0, 0.05) is 10.2 Å². The van der Waals surface area contributed by atoms with Crippen LogP contribution < -0.4 is 10.6 Å². The Labute approximate surface area is 126 Å². The van der Waals surface area contributed by atoms with Gasteiger partial charge in [0.1, 0.15) is 0 Å². The Hall–Kier alpha value is -2.28. The van der Waals surface area contributed by atoms with Crippen molar-refractivity contribution in [3.63, 3.8) is 0 Å². The number of imide groups is 1. The molecule has 0 bridgehead atoms. The number of benzene rings is 2. The number of hydrogen-bond donors (Lipinski definition) is 1. The monoisotopic (exact) mass is 352 g/mol. The topological polar surface area (TPSA) is 63.4 Å². The lowest BCUT2D eigenvalue weighted by Crippen LogP contribution is -2.29. The number of carbonyl (C=O) groups is 2. The fraction of sp³-hybridized carbons (Fsp3) is 0. The first kappa shape index (κ1) is 13.7. The summed E-state index contributed by atoms with van der Waals surface area (Å²) in [6.07, 6.45) is 0. The minimum atomic E-state index is -1.18. The third kappa shape index (κ3) is 2.01. The maximum absolute atomic E-state index is 13.3. The van der Waals surface area contributed by atoms with E-state index in [1.54, 1.807) is 12.1 Å².